The van der Waals surface area contributed by atoms with Gasteiger partial charge >= 0.3 is 0 Å². The minimum atomic E-state index is -0.422. The van der Waals surface area contributed by atoms with E-state index in [4.69, 9.17) is 17.3 Å². The maximum atomic E-state index is 12.9. The number of nitrogens with zero attached hydrogens (tertiary/aromatic N) is 1. The quantitative estimate of drug-likeness (QED) is 0.879. The Morgan fingerprint density at radius 3 is 2.87 bits per heavy atom. The normalized spacial score (nSPS) is 10.6. The summed E-state index contributed by atoms with van der Waals surface area (Å²) in [5.41, 5.74) is 7.04. The molecule has 0 atom stereocenters. The molecule has 0 aliphatic rings. The van der Waals surface area contributed by atoms with Gasteiger partial charge in [0.15, 0.2) is 0 Å². The predicted molar refractivity (Wildman–Crippen MR) is 60.4 cm³/mol. The van der Waals surface area contributed by atoms with Crippen molar-refractivity contribution in [3.05, 3.63) is 39.4 Å². The maximum absolute atomic E-state index is 12.9. The number of nitrogens with two attached hydrogens (primary N) is 1. The van der Waals surface area contributed by atoms with Crippen LogP contribution in [0.5, 0.6) is 0 Å². The Labute approximate surface area is 95.5 Å². The summed E-state index contributed by atoms with van der Waals surface area (Å²) in [5, 5.41) is 2.84. The summed E-state index contributed by atoms with van der Waals surface area (Å²) in [6.45, 7) is 0.416. The van der Waals surface area contributed by atoms with Crippen molar-refractivity contribution in [1.29, 1.82) is 0 Å². The molecule has 15 heavy (non-hydrogen) atoms. The lowest BCUT2D eigenvalue weighted by Gasteiger charge is -1.98. The Morgan fingerprint density at radius 1 is 1.47 bits per heavy atom. The third-order valence-electron chi connectivity index (χ3n) is 1.94. The van der Waals surface area contributed by atoms with Crippen molar-refractivity contribution in [1.82, 2.24) is 4.98 Å². The van der Waals surface area contributed by atoms with Crippen molar-refractivity contribution in [3.8, 4) is 11.3 Å². The number of rotatable bonds is 2. The fraction of sp³-hybridized carbons (Fsp3) is 0.100. The molecule has 5 heteroatoms. The predicted octanol–water partition coefficient (Wildman–Crippen LogP) is 3.06. The van der Waals surface area contributed by atoms with Gasteiger partial charge in [-0.3, -0.25) is 0 Å². The highest BCUT2D eigenvalue weighted by molar-refractivity contribution is 7.09. The van der Waals surface area contributed by atoms with Crippen LogP contribution >= 0.6 is 22.9 Å². The molecular formula is C10H8ClFN2S. The zero-order valence-corrected chi connectivity index (χ0v) is 9.28. The molecule has 1 aromatic heterocycles. The van der Waals surface area contributed by atoms with Crippen LogP contribution in [0.25, 0.3) is 11.3 Å². The number of thiazole rings is 1. The van der Waals surface area contributed by atoms with Gasteiger partial charge in [0, 0.05) is 17.5 Å². The molecule has 0 unspecified atom stereocenters. The van der Waals surface area contributed by atoms with E-state index < -0.39 is 5.82 Å². The molecular weight excluding hydrogens is 235 g/mol. The molecule has 0 saturated heterocycles. The van der Waals surface area contributed by atoms with E-state index >= 15 is 0 Å². The molecule has 0 radical (unpaired) electrons. The molecule has 0 fully saturated rings. The minimum absolute atomic E-state index is 0.106. The second kappa shape index (κ2) is 4.26. The molecule has 0 aliphatic carbocycles. The van der Waals surface area contributed by atoms with E-state index in [-0.39, 0.29) is 5.02 Å². The largest absolute Gasteiger partial charge is 0.325 e. The molecule has 78 valence electrons. The first kappa shape index (κ1) is 10.5. The highest BCUT2D eigenvalue weighted by Gasteiger charge is 2.06. The van der Waals surface area contributed by atoms with E-state index in [1.807, 2.05) is 5.38 Å². The van der Waals surface area contributed by atoms with E-state index in [1.165, 1.54) is 17.4 Å². The average molecular weight is 243 g/mol. The van der Waals surface area contributed by atoms with Crippen LogP contribution in [-0.4, -0.2) is 4.98 Å². The fourth-order valence-corrected chi connectivity index (χ4v) is 2.06. The first-order chi connectivity index (χ1) is 7.20. The lowest BCUT2D eigenvalue weighted by molar-refractivity contribution is 0.628. The summed E-state index contributed by atoms with van der Waals surface area (Å²) in [5.74, 6) is -0.422. The van der Waals surface area contributed by atoms with Crippen molar-refractivity contribution >= 4 is 22.9 Å². The van der Waals surface area contributed by atoms with Crippen LogP contribution in [0, 0.1) is 5.82 Å². The molecule has 0 amide bonds. The second-order valence-corrected chi connectivity index (χ2v) is 4.31. The zero-order chi connectivity index (χ0) is 10.8. The van der Waals surface area contributed by atoms with Crippen LogP contribution in [-0.2, 0) is 6.54 Å². The van der Waals surface area contributed by atoms with Gasteiger partial charge in [-0.25, -0.2) is 9.37 Å². The Morgan fingerprint density at radius 2 is 2.27 bits per heavy atom. The Kier molecular flexibility index (Phi) is 3.00. The SMILES string of the molecule is NCc1nc(-c2ccc(F)c(Cl)c2)cs1. The third-order valence-corrected chi connectivity index (χ3v) is 3.10. The average Bonchev–Trinajstić information content (AvgIpc) is 2.70. The van der Waals surface area contributed by atoms with Crippen molar-refractivity contribution in [2.45, 2.75) is 6.54 Å². The van der Waals surface area contributed by atoms with Crippen LogP contribution in [0.4, 0.5) is 4.39 Å². The fourth-order valence-electron chi connectivity index (χ4n) is 1.19. The summed E-state index contributed by atoms with van der Waals surface area (Å²) >= 11 is 7.16. The molecule has 2 aromatic rings. The van der Waals surface area contributed by atoms with E-state index in [0.29, 0.717) is 6.54 Å². The lowest BCUT2D eigenvalue weighted by atomic mass is 10.2. The number of benzene rings is 1. The maximum Gasteiger partial charge on any atom is 0.141 e. The van der Waals surface area contributed by atoms with Gasteiger partial charge in [0.1, 0.15) is 10.8 Å². The topological polar surface area (TPSA) is 38.9 Å². The van der Waals surface area contributed by atoms with Crippen LogP contribution in [0.3, 0.4) is 0 Å². The molecule has 1 heterocycles. The Balaban J connectivity index is 2.40. The van der Waals surface area contributed by atoms with Gasteiger partial charge in [0.05, 0.1) is 10.7 Å². The van der Waals surface area contributed by atoms with Gasteiger partial charge in [-0.05, 0) is 18.2 Å². The van der Waals surface area contributed by atoms with Crippen LogP contribution in [0.1, 0.15) is 5.01 Å². The van der Waals surface area contributed by atoms with Crippen LogP contribution in [0.15, 0.2) is 23.6 Å². The zero-order valence-electron chi connectivity index (χ0n) is 7.71. The number of hydrogen-bond donors (Lipinski definition) is 1. The molecule has 0 saturated carbocycles. The molecule has 1 aromatic carbocycles. The number of hydrogen-bond acceptors (Lipinski definition) is 3. The Hall–Kier alpha value is -0.970. The monoisotopic (exact) mass is 242 g/mol. The highest BCUT2D eigenvalue weighted by atomic mass is 35.5. The van der Waals surface area contributed by atoms with E-state index in [2.05, 4.69) is 4.98 Å². The highest BCUT2D eigenvalue weighted by Crippen LogP contribution is 2.25. The molecule has 2 N–H and O–H groups in total. The molecule has 2 nitrogen and oxygen atoms in total. The summed E-state index contributed by atoms with van der Waals surface area (Å²) in [4.78, 5) is 4.28. The Bertz CT molecular complexity index is 484. The van der Waals surface area contributed by atoms with Gasteiger partial charge in [0.2, 0.25) is 0 Å². The summed E-state index contributed by atoms with van der Waals surface area (Å²) < 4.78 is 12.9. The van der Waals surface area contributed by atoms with Crippen molar-refractivity contribution < 1.29 is 4.39 Å². The molecule has 0 spiro atoms. The van der Waals surface area contributed by atoms with Crippen molar-refractivity contribution in [3.63, 3.8) is 0 Å². The van der Waals surface area contributed by atoms with Gasteiger partial charge in [-0.1, -0.05) is 11.6 Å². The van der Waals surface area contributed by atoms with Crippen molar-refractivity contribution in [2.75, 3.05) is 0 Å². The van der Waals surface area contributed by atoms with E-state index in [1.54, 1.807) is 12.1 Å². The molecule has 2 rings (SSSR count). The first-order valence-electron chi connectivity index (χ1n) is 4.30. The minimum Gasteiger partial charge on any atom is -0.325 e. The lowest BCUT2D eigenvalue weighted by Crippen LogP contribution is -1.94. The smallest absolute Gasteiger partial charge is 0.141 e. The van der Waals surface area contributed by atoms with Gasteiger partial charge in [-0.15, -0.1) is 11.3 Å². The second-order valence-electron chi connectivity index (χ2n) is 2.96. The van der Waals surface area contributed by atoms with Gasteiger partial charge in [0.25, 0.3) is 0 Å². The van der Waals surface area contributed by atoms with E-state index in [0.717, 1.165) is 16.3 Å². The first-order valence-corrected chi connectivity index (χ1v) is 5.56. The van der Waals surface area contributed by atoms with Crippen LogP contribution < -0.4 is 5.73 Å². The third kappa shape index (κ3) is 2.17. The molecule has 0 aliphatic heterocycles. The van der Waals surface area contributed by atoms with Gasteiger partial charge < -0.3 is 5.73 Å². The summed E-state index contributed by atoms with van der Waals surface area (Å²) in [6.07, 6.45) is 0. The van der Waals surface area contributed by atoms with Crippen molar-refractivity contribution in [2.24, 2.45) is 5.73 Å². The summed E-state index contributed by atoms with van der Waals surface area (Å²) in [6, 6.07) is 4.54. The van der Waals surface area contributed by atoms with Gasteiger partial charge in [-0.2, -0.15) is 0 Å². The van der Waals surface area contributed by atoms with Crippen LogP contribution in [0.2, 0.25) is 5.02 Å². The molecule has 0 bridgehead atoms. The standard InChI is InChI=1S/C10H8ClFN2S/c11-7-3-6(1-2-8(7)12)9-5-15-10(4-13)14-9/h1-3,5H,4,13H2. The summed E-state index contributed by atoms with van der Waals surface area (Å²) in [7, 11) is 0. The number of halogens is 2. The van der Waals surface area contributed by atoms with E-state index in [9.17, 15) is 4.39 Å². The number of aromatic nitrogens is 1.